The van der Waals surface area contributed by atoms with Crippen LogP contribution in [-0.4, -0.2) is 40.4 Å². The smallest absolute Gasteiger partial charge is 0.0686 e. The van der Waals surface area contributed by atoms with Gasteiger partial charge in [0.1, 0.15) is 0 Å². The zero-order chi connectivity index (χ0) is 8.85. The molecular formula is C8H17NO2. The SMILES string of the molecule is C=CN(C[C@@H](C)O)C[C@@H](C)O. The first-order valence-electron chi connectivity index (χ1n) is 3.79. The van der Waals surface area contributed by atoms with Crippen LogP contribution >= 0.6 is 0 Å². The molecule has 3 nitrogen and oxygen atoms in total. The Morgan fingerprint density at radius 1 is 1.27 bits per heavy atom. The molecule has 0 aromatic heterocycles. The predicted octanol–water partition coefficient (Wildman–Crippen LogP) is 0.193. The van der Waals surface area contributed by atoms with Crippen molar-refractivity contribution in [2.45, 2.75) is 26.1 Å². The summed E-state index contributed by atoms with van der Waals surface area (Å²) in [6.07, 6.45) is 0.859. The van der Waals surface area contributed by atoms with E-state index in [1.54, 1.807) is 24.9 Å². The van der Waals surface area contributed by atoms with Gasteiger partial charge >= 0.3 is 0 Å². The van der Waals surface area contributed by atoms with E-state index in [-0.39, 0.29) is 12.2 Å². The van der Waals surface area contributed by atoms with Gasteiger partial charge in [-0.1, -0.05) is 6.58 Å². The minimum absolute atomic E-state index is 0.383. The van der Waals surface area contributed by atoms with E-state index < -0.39 is 0 Å². The molecule has 0 rings (SSSR count). The Kier molecular flexibility index (Phi) is 4.90. The minimum atomic E-state index is -0.383. The zero-order valence-corrected chi connectivity index (χ0v) is 7.20. The van der Waals surface area contributed by atoms with Crippen LogP contribution in [-0.2, 0) is 0 Å². The third-order valence-electron chi connectivity index (χ3n) is 1.26. The summed E-state index contributed by atoms with van der Waals surface area (Å²) in [5.74, 6) is 0. The molecule has 0 aliphatic carbocycles. The summed E-state index contributed by atoms with van der Waals surface area (Å²) in [5.41, 5.74) is 0. The van der Waals surface area contributed by atoms with Gasteiger partial charge in [0.15, 0.2) is 0 Å². The van der Waals surface area contributed by atoms with Crippen molar-refractivity contribution in [3.63, 3.8) is 0 Å². The molecule has 66 valence electrons. The second kappa shape index (κ2) is 5.16. The Morgan fingerprint density at radius 3 is 1.82 bits per heavy atom. The highest BCUT2D eigenvalue weighted by molar-refractivity contribution is 4.74. The lowest BCUT2D eigenvalue weighted by molar-refractivity contribution is 0.110. The number of hydrogen-bond donors (Lipinski definition) is 2. The topological polar surface area (TPSA) is 43.7 Å². The molecule has 0 spiro atoms. The number of hydrogen-bond acceptors (Lipinski definition) is 3. The second-order valence-electron chi connectivity index (χ2n) is 2.83. The molecule has 0 aromatic carbocycles. The first kappa shape index (κ1) is 10.5. The molecule has 0 saturated carbocycles. The molecule has 0 unspecified atom stereocenters. The van der Waals surface area contributed by atoms with E-state index in [1.165, 1.54) is 0 Å². The first-order valence-corrected chi connectivity index (χ1v) is 3.79. The third-order valence-corrected chi connectivity index (χ3v) is 1.26. The summed E-state index contributed by atoms with van der Waals surface area (Å²) >= 11 is 0. The maximum Gasteiger partial charge on any atom is 0.0686 e. The first-order chi connectivity index (χ1) is 5.06. The molecule has 2 atom stereocenters. The van der Waals surface area contributed by atoms with Gasteiger partial charge in [-0.25, -0.2) is 0 Å². The Morgan fingerprint density at radius 2 is 1.64 bits per heavy atom. The molecule has 0 amide bonds. The van der Waals surface area contributed by atoms with Crippen molar-refractivity contribution >= 4 is 0 Å². The van der Waals surface area contributed by atoms with Gasteiger partial charge in [0.2, 0.25) is 0 Å². The van der Waals surface area contributed by atoms with Crippen LogP contribution in [0.2, 0.25) is 0 Å². The lowest BCUT2D eigenvalue weighted by atomic mass is 10.3. The van der Waals surface area contributed by atoms with Crippen LogP contribution in [0.3, 0.4) is 0 Å². The largest absolute Gasteiger partial charge is 0.392 e. The summed E-state index contributed by atoms with van der Waals surface area (Å²) in [7, 11) is 0. The molecule has 0 aromatic rings. The molecular weight excluding hydrogens is 142 g/mol. The van der Waals surface area contributed by atoms with Crippen molar-refractivity contribution in [1.82, 2.24) is 4.90 Å². The van der Waals surface area contributed by atoms with Gasteiger partial charge in [-0.15, -0.1) is 0 Å². The minimum Gasteiger partial charge on any atom is -0.392 e. The van der Waals surface area contributed by atoms with Gasteiger partial charge in [0.05, 0.1) is 12.2 Å². The number of aliphatic hydroxyl groups is 2. The van der Waals surface area contributed by atoms with Crippen molar-refractivity contribution in [3.05, 3.63) is 12.8 Å². The van der Waals surface area contributed by atoms with Crippen molar-refractivity contribution in [2.75, 3.05) is 13.1 Å². The molecule has 0 saturated heterocycles. The fourth-order valence-corrected chi connectivity index (χ4v) is 0.902. The molecule has 2 N–H and O–H groups in total. The Balaban J connectivity index is 3.67. The Hall–Kier alpha value is -0.540. The van der Waals surface area contributed by atoms with Crippen molar-refractivity contribution in [1.29, 1.82) is 0 Å². The van der Waals surface area contributed by atoms with E-state index in [9.17, 15) is 0 Å². The fraction of sp³-hybridized carbons (Fsp3) is 0.750. The molecule has 0 radical (unpaired) electrons. The second-order valence-corrected chi connectivity index (χ2v) is 2.83. The normalized spacial score (nSPS) is 15.6. The quantitative estimate of drug-likeness (QED) is 0.602. The summed E-state index contributed by atoms with van der Waals surface area (Å²) in [6, 6.07) is 0. The molecule has 0 aliphatic rings. The Labute approximate surface area is 68.0 Å². The molecule has 0 bridgehead atoms. The van der Waals surface area contributed by atoms with Crippen LogP contribution < -0.4 is 0 Å². The summed E-state index contributed by atoms with van der Waals surface area (Å²) in [6.45, 7) is 8.03. The highest BCUT2D eigenvalue weighted by Gasteiger charge is 2.05. The lowest BCUT2D eigenvalue weighted by Gasteiger charge is -2.22. The van der Waals surface area contributed by atoms with Crippen LogP contribution in [0.5, 0.6) is 0 Å². The van der Waals surface area contributed by atoms with Gasteiger partial charge in [-0.3, -0.25) is 0 Å². The van der Waals surface area contributed by atoms with Crippen LogP contribution in [0.1, 0.15) is 13.8 Å². The molecule has 0 fully saturated rings. The highest BCUT2D eigenvalue weighted by atomic mass is 16.3. The third kappa shape index (κ3) is 5.88. The number of rotatable bonds is 5. The van der Waals surface area contributed by atoms with Crippen LogP contribution in [0.25, 0.3) is 0 Å². The van der Waals surface area contributed by atoms with Crippen molar-refractivity contribution in [3.8, 4) is 0 Å². The predicted molar refractivity (Wildman–Crippen MR) is 45.1 cm³/mol. The summed E-state index contributed by atoms with van der Waals surface area (Å²) in [4.78, 5) is 1.79. The van der Waals surface area contributed by atoms with Crippen LogP contribution in [0, 0.1) is 0 Å². The number of nitrogens with zero attached hydrogens (tertiary/aromatic N) is 1. The fourth-order valence-electron chi connectivity index (χ4n) is 0.902. The van der Waals surface area contributed by atoms with Gasteiger partial charge in [0.25, 0.3) is 0 Å². The average molecular weight is 159 g/mol. The van der Waals surface area contributed by atoms with Crippen LogP contribution in [0.4, 0.5) is 0 Å². The number of aliphatic hydroxyl groups excluding tert-OH is 2. The molecule has 11 heavy (non-hydrogen) atoms. The maximum absolute atomic E-state index is 9.00. The van der Waals surface area contributed by atoms with E-state index in [1.807, 2.05) is 0 Å². The van der Waals surface area contributed by atoms with Gasteiger partial charge in [0, 0.05) is 13.1 Å². The zero-order valence-electron chi connectivity index (χ0n) is 7.20. The molecule has 0 heterocycles. The van der Waals surface area contributed by atoms with E-state index >= 15 is 0 Å². The highest BCUT2D eigenvalue weighted by Crippen LogP contribution is 1.94. The summed E-state index contributed by atoms with van der Waals surface area (Å²) < 4.78 is 0. The molecule has 3 heteroatoms. The van der Waals surface area contributed by atoms with Crippen molar-refractivity contribution in [2.24, 2.45) is 0 Å². The van der Waals surface area contributed by atoms with E-state index in [0.717, 1.165) is 0 Å². The average Bonchev–Trinajstić information content (AvgIpc) is 1.84. The lowest BCUT2D eigenvalue weighted by Crippen LogP contribution is -2.31. The molecule has 0 aliphatic heterocycles. The standard InChI is InChI=1S/C8H17NO2/c1-4-9(5-7(2)10)6-8(3)11/h4,7-8,10-11H,1,5-6H2,2-3H3/t7-,8-/m1/s1. The monoisotopic (exact) mass is 159 g/mol. The maximum atomic E-state index is 9.00. The van der Waals surface area contributed by atoms with Gasteiger partial charge in [-0.2, -0.15) is 0 Å². The van der Waals surface area contributed by atoms with Crippen molar-refractivity contribution < 1.29 is 10.2 Å². The van der Waals surface area contributed by atoms with E-state index in [2.05, 4.69) is 6.58 Å². The van der Waals surface area contributed by atoms with Gasteiger partial charge < -0.3 is 15.1 Å². The van der Waals surface area contributed by atoms with E-state index in [4.69, 9.17) is 10.2 Å². The summed E-state index contributed by atoms with van der Waals surface area (Å²) in [5, 5.41) is 18.0. The Bertz CT molecular complexity index is 103. The van der Waals surface area contributed by atoms with E-state index in [0.29, 0.717) is 13.1 Å². The van der Waals surface area contributed by atoms with Gasteiger partial charge in [-0.05, 0) is 20.0 Å². The van der Waals surface area contributed by atoms with Crippen LogP contribution in [0.15, 0.2) is 12.8 Å².